The summed E-state index contributed by atoms with van der Waals surface area (Å²) in [4.78, 5) is 0. The van der Waals surface area contributed by atoms with Crippen molar-refractivity contribution in [2.24, 2.45) is 0 Å². The number of thiol groups is 1. The van der Waals surface area contributed by atoms with Gasteiger partial charge in [-0.25, -0.2) is 0 Å². The van der Waals surface area contributed by atoms with Gasteiger partial charge in [0.1, 0.15) is 23.0 Å². The summed E-state index contributed by atoms with van der Waals surface area (Å²) in [5.74, 6) is 2.28. The van der Waals surface area contributed by atoms with Gasteiger partial charge in [0, 0.05) is 17.9 Å². The fourth-order valence-electron chi connectivity index (χ4n) is 1.82. The molecule has 1 aromatic carbocycles. The topological polar surface area (TPSA) is 22.4 Å². The molecule has 86 valence electrons. The maximum atomic E-state index is 5.70. The SMILES string of the molecule is CCc1cc2cc(CC)c(OCS)cc2o1. The predicted molar refractivity (Wildman–Crippen MR) is 69.5 cm³/mol. The summed E-state index contributed by atoms with van der Waals surface area (Å²) < 4.78 is 11.2. The Morgan fingerprint density at radius 2 is 2.00 bits per heavy atom. The fraction of sp³-hybridized carbons (Fsp3) is 0.385. The third kappa shape index (κ3) is 2.05. The van der Waals surface area contributed by atoms with E-state index >= 15 is 0 Å². The van der Waals surface area contributed by atoms with Crippen LogP contribution in [0.15, 0.2) is 22.6 Å². The van der Waals surface area contributed by atoms with E-state index in [0.717, 1.165) is 35.3 Å². The lowest BCUT2D eigenvalue weighted by Crippen LogP contribution is -1.93. The molecule has 0 amide bonds. The largest absolute Gasteiger partial charge is 0.483 e. The van der Waals surface area contributed by atoms with Crippen molar-refractivity contribution < 1.29 is 9.15 Å². The van der Waals surface area contributed by atoms with Crippen LogP contribution in [-0.4, -0.2) is 5.94 Å². The van der Waals surface area contributed by atoms with Crippen LogP contribution in [0.1, 0.15) is 25.2 Å². The zero-order valence-electron chi connectivity index (χ0n) is 9.62. The molecule has 0 spiro atoms. The van der Waals surface area contributed by atoms with Crippen molar-refractivity contribution in [1.29, 1.82) is 0 Å². The fourth-order valence-corrected chi connectivity index (χ4v) is 1.96. The molecule has 2 rings (SSSR count). The number of hydrogen-bond acceptors (Lipinski definition) is 3. The first-order chi connectivity index (χ1) is 7.78. The van der Waals surface area contributed by atoms with Gasteiger partial charge in [-0.2, -0.15) is 0 Å². The molecule has 0 saturated heterocycles. The number of furan rings is 1. The van der Waals surface area contributed by atoms with E-state index in [9.17, 15) is 0 Å². The van der Waals surface area contributed by atoms with Gasteiger partial charge in [-0.15, -0.1) is 12.6 Å². The van der Waals surface area contributed by atoms with E-state index in [1.54, 1.807) is 0 Å². The Morgan fingerprint density at radius 1 is 1.19 bits per heavy atom. The molecule has 0 fully saturated rings. The summed E-state index contributed by atoms with van der Waals surface area (Å²) in [5, 5.41) is 1.15. The number of ether oxygens (including phenoxy) is 1. The quantitative estimate of drug-likeness (QED) is 0.644. The summed E-state index contributed by atoms with van der Waals surface area (Å²) in [6.07, 6.45) is 1.87. The van der Waals surface area contributed by atoms with Crippen molar-refractivity contribution in [2.45, 2.75) is 26.7 Å². The predicted octanol–water partition coefficient (Wildman–Crippen LogP) is 3.82. The zero-order valence-corrected chi connectivity index (χ0v) is 10.5. The number of rotatable bonds is 4. The van der Waals surface area contributed by atoms with Crippen molar-refractivity contribution >= 4 is 23.6 Å². The van der Waals surface area contributed by atoms with E-state index in [4.69, 9.17) is 9.15 Å². The van der Waals surface area contributed by atoms with Gasteiger partial charge < -0.3 is 9.15 Å². The Balaban J connectivity index is 2.53. The zero-order chi connectivity index (χ0) is 11.5. The van der Waals surface area contributed by atoms with Crippen LogP contribution in [-0.2, 0) is 12.8 Å². The number of aryl methyl sites for hydroxylation is 2. The van der Waals surface area contributed by atoms with Crippen LogP contribution >= 0.6 is 12.6 Å². The maximum Gasteiger partial charge on any atom is 0.137 e. The third-order valence-corrected chi connectivity index (χ3v) is 2.83. The minimum atomic E-state index is 0.389. The van der Waals surface area contributed by atoms with Gasteiger partial charge in [0.25, 0.3) is 0 Å². The molecule has 0 N–H and O–H groups in total. The molecule has 0 unspecified atom stereocenters. The van der Waals surface area contributed by atoms with E-state index in [1.165, 1.54) is 5.56 Å². The van der Waals surface area contributed by atoms with Crippen molar-refractivity contribution in [3.8, 4) is 5.75 Å². The smallest absolute Gasteiger partial charge is 0.137 e. The second-order valence-corrected chi connectivity index (χ2v) is 3.95. The molecule has 0 radical (unpaired) electrons. The summed E-state index contributed by atoms with van der Waals surface area (Å²) >= 11 is 4.08. The van der Waals surface area contributed by atoms with Crippen molar-refractivity contribution in [3.05, 3.63) is 29.5 Å². The molecule has 0 saturated carbocycles. The Morgan fingerprint density at radius 3 is 2.62 bits per heavy atom. The molecule has 0 aliphatic rings. The van der Waals surface area contributed by atoms with E-state index in [0.29, 0.717) is 5.94 Å². The van der Waals surface area contributed by atoms with Crippen molar-refractivity contribution in [2.75, 3.05) is 5.94 Å². The van der Waals surface area contributed by atoms with Crippen LogP contribution in [0.5, 0.6) is 5.75 Å². The van der Waals surface area contributed by atoms with E-state index in [1.807, 2.05) is 6.07 Å². The number of hydrogen-bond donors (Lipinski definition) is 1. The molecule has 0 bridgehead atoms. The van der Waals surface area contributed by atoms with E-state index in [-0.39, 0.29) is 0 Å². The van der Waals surface area contributed by atoms with Crippen LogP contribution in [0.4, 0.5) is 0 Å². The Bertz CT molecular complexity index is 488. The standard InChI is InChI=1S/C13H16O2S/c1-3-9-5-10-6-11(4-2)15-13(10)7-12(9)14-8-16/h5-7,16H,3-4,8H2,1-2H3. The second-order valence-electron chi connectivity index (χ2n) is 3.69. The molecule has 0 aliphatic heterocycles. The average molecular weight is 236 g/mol. The third-order valence-electron chi connectivity index (χ3n) is 2.70. The molecular formula is C13H16O2S. The first-order valence-electron chi connectivity index (χ1n) is 5.57. The van der Waals surface area contributed by atoms with Gasteiger partial charge in [0.05, 0.1) is 0 Å². The molecule has 2 nitrogen and oxygen atoms in total. The van der Waals surface area contributed by atoms with Crippen LogP contribution in [0.3, 0.4) is 0 Å². The Hall–Kier alpha value is -1.09. The maximum absolute atomic E-state index is 5.70. The lowest BCUT2D eigenvalue weighted by atomic mass is 10.1. The van der Waals surface area contributed by atoms with Gasteiger partial charge in [-0.1, -0.05) is 13.8 Å². The molecule has 1 heterocycles. The second kappa shape index (κ2) is 4.83. The first kappa shape index (κ1) is 11.4. The minimum Gasteiger partial charge on any atom is -0.483 e. The molecule has 1 aromatic heterocycles. The van der Waals surface area contributed by atoms with Crippen molar-refractivity contribution in [3.63, 3.8) is 0 Å². The van der Waals surface area contributed by atoms with Crippen LogP contribution < -0.4 is 4.74 Å². The minimum absolute atomic E-state index is 0.389. The monoisotopic (exact) mass is 236 g/mol. The lowest BCUT2D eigenvalue weighted by molar-refractivity contribution is 0.390. The average Bonchev–Trinajstić information content (AvgIpc) is 2.70. The normalized spacial score (nSPS) is 10.9. The highest BCUT2D eigenvalue weighted by atomic mass is 32.1. The highest BCUT2D eigenvalue weighted by Crippen LogP contribution is 2.29. The van der Waals surface area contributed by atoms with Crippen LogP contribution in [0.2, 0.25) is 0 Å². The Kier molecular flexibility index (Phi) is 3.44. The number of benzene rings is 1. The van der Waals surface area contributed by atoms with Gasteiger partial charge in [-0.05, 0) is 24.1 Å². The summed E-state index contributed by atoms with van der Waals surface area (Å²) in [6.45, 7) is 4.21. The number of fused-ring (bicyclic) bond motifs is 1. The highest BCUT2D eigenvalue weighted by Gasteiger charge is 2.08. The molecule has 0 atom stereocenters. The van der Waals surface area contributed by atoms with Gasteiger partial charge >= 0.3 is 0 Å². The van der Waals surface area contributed by atoms with Crippen molar-refractivity contribution in [1.82, 2.24) is 0 Å². The Labute approximate surface area is 101 Å². The molecule has 3 heteroatoms. The summed E-state index contributed by atoms with van der Waals surface area (Å²) in [5.41, 5.74) is 2.09. The first-order valence-corrected chi connectivity index (χ1v) is 6.20. The van der Waals surface area contributed by atoms with Gasteiger partial charge in [-0.3, -0.25) is 0 Å². The van der Waals surface area contributed by atoms with E-state index < -0.39 is 0 Å². The molecule has 16 heavy (non-hydrogen) atoms. The molecular weight excluding hydrogens is 220 g/mol. The van der Waals surface area contributed by atoms with Gasteiger partial charge in [0.15, 0.2) is 0 Å². The van der Waals surface area contributed by atoms with Crippen LogP contribution in [0, 0.1) is 0 Å². The summed E-state index contributed by atoms with van der Waals surface area (Å²) in [7, 11) is 0. The van der Waals surface area contributed by atoms with Crippen LogP contribution in [0.25, 0.3) is 11.0 Å². The molecule has 0 aliphatic carbocycles. The highest BCUT2D eigenvalue weighted by molar-refractivity contribution is 7.80. The van der Waals surface area contributed by atoms with E-state index in [2.05, 4.69) is 38.6 Å². The lowest BCUT2D eigenvalue weighted by Gasteiger charge is -2.07. The summed E-state index contributed by atoms with van der Waals surface area (Å²) in [6, 6.07) is 6.19. The van der Waals surface area contributed by atoms with Gasteiger partial charge in [0.2, 0.25) is 0 Å². The molecule has 2 aromatic rings.